The van der Waals surface area contributed by atoms with E-state index in [1.165, 1.54) is 12.3 Å². The number of carbonyl (C=O) groups excluding carboxylic acids is 1. The molecule has 3 heterocycles. The first-order chi connectivity index (χ1) is 25.8. The summed E-state index contributed by atoms with van der Waals surface area (Å²) in [6.07, 6.45) is 15.3. The molecule has 0 radical (unpaired) electrons. The summed E-state index contributed by atoms with van der Waals surface area (Å²) in [5.74, 6) is -0.309. The van der Waals surface area contributed by atoms with E-state index in [1.54, 1.807) is 0 Å². The second-order valence-corrected chi connectivity index (χ2v) is 15.4. The van der Waals surface area contributed by atoms with Crippen molar-refractivity contribution in [3.63, 3.8) is 0 Å². The summed E-state index contributed by atoms with van der Waals surface area (Å²) in [5, 5.41) is 6.85. The smallest absolute Gasteiger partial charge is 0.151 e. The third kappa shape index (κ3) is 9.53. The van der Waals surface area contributed by atoms with E-state index >= 15 is 4.39 Å². The van der Waals surface area contributed by atoms with Gasteiger partial charge in [0.15, 0.2) is 6.29 Å². The van der Waals surface area contributed by atoms with Crippen LogP contribution in [0, 0.1) is 18.2 Å². The third-order valence-corrected chi connectivity index (χ3v) is 10.0. The first kappa shape index (κ1) is 39.7. The lowest BCUT2D eigenvalue weighted by atomic mass is 9.88. The SMILES string of the molecule is C=C/C(C=O)=C/N=c1/cc(-c2cccc(-c3cccc(C4=N/CCC(N(CC5CCC(=C)N5)C(=C)CC(C)(C)C)C(=C\NC)/C=C\4)c3F)c2C)ccn1C. The predicted octanol–water partition coefficient (Wildman–Crippen LogP) is 8.71. The average molecular weight is 727 g/mol. The molecule has 8 heteroatoms. The molecule has 2 aliphatic rings. The zero-order chi connectivity index (χ0) is 39.0. The van der Waals surface area contributed by atoms with E-state index in [-0.39, 0.29) is 17.3 Å². The Labute approximate surface area is 320 Å². The van der Waals surface area contributed by atoms with Crippen molar-refractivity contribution in [2.75, 3.05) is 20.1 Å². The standard InChI is InChI=1S/C46H55FN6O/c1-10-34(30-54)27-50-44-25-35(22-24-52(44)9)38-13-11-14-39(33(38)4)40-15-12-16-41(45(40)47)42-20-18-36(28-48-8)43(21-23-49-42)53(32(3)26-46(5,6)7)29-37-19-17-31(2)51-37/h10-16,18,20,22,24-25,27-28,30,37,43,48,51H,1-3,17,19,21,23,26,29H2,4-9H3/b20-18-,34-27-,36-28-,49-42+,50-44-. The largest absolute Gasteiger partial charge is 0.394 e. The van der Waals surface area contributed by atoms with Gasteiger partial charge in [0.1, 0.15) is 11.3 Å². The lowest BCUT2D eigenvalue weighted by Gasteiger charge is -2.40. The number of aliphatic imine (C=N–C) groups is 1. The molecule has 0 amide bonds. The van der Waals surface area contributed by atoms with Crippen LogP contribution in [0.5, 0.6) is 0 Å². The Kier molecular flexibility index (Phi) is 12.9. The van der Waals surface area contributed by atoms with Gasteiger partial charge >= 0.3 is 0 Å². The summed E-state index contributed by atoms with van der Waals surface area (Å²) in [4.78, 5) is 23.3. The van der Waals surface area contributed by atoms with Crippen LogP contribution in [0.3, 0.4) is 0 Å². The monoisotopic (exact) mass is 726 g/mol. The fourth-order valence-electron chi connectivity index (χ4n) is 7.28. The van der Waals surface area contributed by atoms with Gasteiger partial charge in [0.05, 0.1) is 11.8 Å². The van der Waals surface area contributed by atoms with Gasteiger partial charge in [-0.05, 0) is 90.1 Å². The van der Waals surface area contributed by atoms with Gasteiger partial charge in [-0.3, -0.25) is 9.79 Å². The Balaban J connectivity index is 1.48. The summed E-state index contributed by atoms with van der Waals surface area (Å²) < 4.78 is 18.7. The lowest BCUT2D eigenvalue weighted by Crippen LogP contribution is -2.44. The van der Waals surface area contributed by atoms with Gasteiger partial charge in [-0.1, -0.05) is 83.0 Å². The fraction of sp³-hybridized carbons (Fsp3) is 0.326. The maximum absolute atomic E-state index is 16.8. The van der Waals surface area contributed by atoms with Gasteiger partial charge < -0.3 is 20.1 Å². The number of nitrogens with one attached hydrogen (secondary N) is 2. The van der Waals surface area contributed by atoms with Crippen molar-refractivity contribution in [1.29, 1.82) is 0 Å². The van der Waals surface area contributed by atoms with E-state index in [0.717, 1.165) is 77.7 Å². The van der Waals surface area contributed by atoms with Crippen LogP contribution in [-0.2, 0) is 11.8 Å². The summed E-state index contributed by atoms with van der Waals surface area (Å²) in [7, 11) is 3.81. The van der Waals surface area contributed by atoms with E-state index in [9.17, 15) is 4.79 Å². The third-order valence-electron chi connectivity index (χ3n) is 10.0. The number of carbonyl (C=O) groups is 1. The van der Waals surface area contributed by atoms with Gasteiger partial charge in [0.2, 0.25) is 0 Å². The number of hydrogen-bond donors (Lipinski definition) is 2. The quantitative estimate of drug-likeness (QED) is 0.111. The van der Waals surface area contributed by atoms with Crippen molar-refractivity contribution in [3.8, 4) is 22.3 Å². The molecule has 0 bridgehead atoms. The highest BCUT2D eigenvalue weighted by Gasteiger charge is 2.30. The van der Waals surface area contributed by atoms with E-state index in [1.807, 2.05) is 92.6 Å². The maximum Gasteiger partial charge on any atom is 0.151 e. The molecule has 3 aromatic rings. The van der Waals surface area contributed by atoms with Crippen molar-refractivity contribution >= 4 is 12.0 Å². The first-order valence-electron chi connectivity index (χ1n) is 18.7. The summed E-state index contributed by atoms with van der Waals surface area (Å²) in [5.41, 5.74) is 9.66. The first-order valence-corrected chi connectivity index (χ1v) is 18.7. The number of allylic oxidation sites excluding steroid dienone is 5. The van der Waals surface area contributed by atoms with Crippen molar-refractivity contribution in [2.24, 2.45) is 22.4 Å². The number of hydrogen-bond acceptors (Lipinski definition) is 6. The Hall–Kier alpha value is -5.50. The van der Waals surface area contributed by atoms with Crippen LogP contribution in [0.1, 0.15) is 57.6 Å². The number of aromatic nitrogens is 1. The number of aryl methyl sites for hydroxylation is 1. The molecule has 7 nitrogen and oxygen atoms in total. The topological polar surface area (TPSA) is 74.0 Å². The summed E-state index contributed by atoms with van der Waals surface area (Å²) in [6.45, 7) is 22.5. The highest BCUT2D eigenvalue weighted by atomic mass is 19.1. The molecular weight excluding hydrogens is 672 g/mol. The molecule has 1 aromatic heterocycles. The highest BCUT2D eigenvalue weighted by Crippen LogP contribution is 2.35. The molecule has 54 heavy (non-hydrogen) atoms. The number of aldehydes is 1. The van der Waals surface area contributed by atoms with Crippen molar-refractivity contribution in [3.05, 3.63) is 150 Å². The van der Waals surface area contributed by atoms with Gasteiger partial charge in [0.25, 0.3) is 0 Å². The summed E-state index contributed by atoms with van der Waals surface area (Å²) >= 11 is 0. The van der Waals surface area contributed by atoms with Crippen LogP contribution >= 0.6 is 0 Å². The van der Waals surface area contributed by atoms with Crippen molar-refractivity contribution in [1.82, 2.24) is 20.1 Å². The number of halogens is 1. The van der Waals surface area contributed by atoms with Crippen molar-refractivity contribution < 1.29 is 9.18 Å². The molecule has 282 valence electrons. The molecule has 0 spiro atoms. The minimum absolute atomic E-state index is 0.0460. The van der Waals surface area contributed by atoms with E-state index < -0.39 is 0 Å². The van der Waals surface area contributed by atoms with Crippen LogP contribution in [-0.4, -0.2) is 53.7 Å². The molecule has 1 saturated heterocycles. The van der Waals surface area contributed by atoms with Crippen LogP contribution in [0.4, 0.5) is 4.39 Å². The number of nitrogens with zero attached hydrogens (tertiary/aromatic N) is 4. The van der Waals surface area contributed by atoms with Gasteiger partial charge in [-0.2, -0.15) is 0 Å². The minimum atomic E-state index is -0.309. The van der Waals surface area contributed by atoms with Crippen LogP contribution in [0.15, 0.2) is 138 Å². The molecule has 1 fully saturated rings. The Morgan fingerprint density at radius 2 is 1.83 bits per heavy atom. The fourth-order valence-corrected chi connectivity index (χ4v) is 7.28. The minimum Gasteiger partial charge on any atom is -0.394 e. The van der Waals surface area contributed by atoms with E-state index in [2.05, 4.69) is 67.1 Å². The van der Waals surface area contributed by atoms with Gasteiger partial charge in [-0.15, -0.1) is 0 Å². The second kappa shape index (κ2) is 17.5. The molecule has 0 aliphatic carbocycles. The normalized spacial score (nSPS) is 20.4. The molecule has 2 aliphatic heterocycles. The predicted molar refractivity (Wildman–Crippen MR) is 222 cm³/mol. The number of pyridine rings is 1. The molecule has 2 aromatic carbocycles. The maximum atomic E-state index is 16.8. The Bertz CT molecular complexity index is 2100. The average Bonchev–Trinajstić information content (AvgIpc) is 3.54. The van der Waals surface area contributed by atoms with Crippen LogP contribution < -0.4 is 16.1 Å². The van der Waals surface area contributed by atoms with Gasteiger partial charge in [0, 0.05) is 79.9 Å². The van der Waals surface area contributed by atoms with E-state index in [0.29, 0.717) is 40.5 Å². The molecule has 2 atom stereocenters. The molecule has 5 rings (SSSR count). The number of rotatable bonds is 12. The Morgan fingerprint density at radius 1 is 1.11 bits per heavy atom. The molecule has 2 unspecified atom stereocenters. The zero-order valence-corrected chi connectivity index (χ0v) is 32.8. The highest BCUT2D eigenvalue weighted by molar-refractivity contribution is 6.10. The Morgan fingerprint density at radius 3 is 2.50 bits per heavy atom. The molecule has 2 N–H and O–H groups in total. The van der Waals surface area contributed by atoms with E-state index in [4.69, 9.17) is 4.99 Å². The zero-order valence-electron chi connectivity index (χ0n) is 32.8. The van der Waals surface area contributed by atoms with Crippen LogP contribution in [0.25, 0.3) is 22.3 Å². The lowest BCUT2D eigenvalue weighted by molar-refractivity contribution is -0.104. The van der Waals surface area contributed by atoms with Crippen molar-refractivity contribution in [2.45, 2.75) is 65.5 Å². The second-order valence-electron chi connectivity index (χ2n) is 15.4. The molecule has 0 saturated carbocycles. The number of benzene rings is 2. The molecular formula is C46H55FN6O. The van der Waals surface area contributed by atoms with Crippen LogP contribution in [0.2, 0.25) is 0 Å². The summed E-state index contributed by atoms with van der Waals surface area (Å²) in [6, 6.07) is 15.8. The van der Waals surface area contributed by atoms with Gasteiger partial charge in [-0.25, -0.2) is 9.38 Å².